The predicted molar refractivity (Wildman–Crippen MR) is 77.1 cm³/mol. The molecule has 90 valence electrons. The van der Waals surface area contributed by atoms with Crippen LogP contribution in [0, 0.1) is 20.8 Å². The molecule has 1 heteroatoms. The van der Waals surface area contributed by atoms with Crippen LogP contribution in [-0.2, 0) is 6.16 Å². The van der Waals surface area contributed by atoms with E-state index in [-0.39, 0.29) is 0 Å². The van der Waals surface area contributed by atoms with Crippen molar-refractivity contribution in [2.45, 2.75) is 53.1 Å². The van der Waals surface area contributed by atoms with Crippen molar-refractivity contribution in [1.29, 1.82) is 0 Å². The highest BCUT2D eigenvalue weighted by Gasteiger charge is 2.03. The first-order chi connectivity index (χ1) is 7.66. The molecule has 0 fully saturated rings. The Bertz CT molecular complexity index is 328. The lowest BCUT2D eigenvalue weighted by atomic mass is 10.00. The average Bonchev–Trinajstić information content (AvgIpc) is 2.28. The lowest BCUT2D eigenvalue weighted by molar-refractivity contribution is 0.777. The molecule has 0 bridgehead atoms. The Balaban J connectivity index is 2.45. The van der Waals surface area contributed by atoms with Gasteiger partial charge in [-0.05, 0) is 61.8 Å². The normalized spacial score (nSPS) is 11.5. The molecule has 0 aliphatic heterocycles. The van der Waals surface area contributed by atoms with Gasteiger partial charge in [0.1, 0.15) is 0 Å². The van der Waals surface area contributed by atoms with Crippen LogP contribution in [0.3, 0.4) is 0 Å². The first-order valence-corrected chi connectivity index (χ1v) is 7.84. The van der Waals surface area contributed by atoms with Gasteiger partial charge in [0, 0.05) is 0 Å². The molecule has 1 unspecified atom stereocenters. The topological polar surface area (TPSA) is 0 Å². The molecule has 0 nitrogen and oxygen atoms in total. The summed E-state index contributed by atoms with van der Waals surface area (Å²) in [5, 5.41) is 0. The largest absolute Gasteiger partial charge is 0.118 e. The molecule has 0 aliphatic carbocycles. The molecule has 1 aromatic carbocycles. The van der Waals surface area contributed by atoms with E-state index in [2.05, 4.69) is 39.8 Å². The molecule has 0 aliphatic rings. The zero-order chi connectivity index (χ0) is 12.0. The minimum atomic E-state index is 1.11. The highest BCUT2D eigenvalue weighted by molar-refractivity contribution is 7.37. The molecule has 0 aromatic heterocycles. The van der Waals surface area contributed by atoms with Gasteiger partial charge < -0.3 is 0 Å². The van der Waals surface area contributed by atoms with Crippen LogP contribution in [0.5, 0.6) is 0 Å². The lowest BCUT2D eigenvalue weighted by Gasteiger charge is -2.11. The van der Waals surface area contributed by atoms with Crippen LogP contribution in [0.25, 0.3) is 0 Å². The van der Waals surface area contributed by atoms with Gasteiger partial charge in [-0.2, -0.15) is 0 Å². The van der Waals surface area contributed by atoms with E-state index in [1.54, 1.807) is 5.56 Å². The second-order valence-corrected chi connectivity index (χ2v) is 6.03. The molecule has 0 saturated heterocycles. The van der Waals surface area contributed by atoms with Gasteiger partial charge in [0.2, 0.25) is 0 Å². The van der Waals surface area contributed by atoms with E-state index < -0.39 is 0 Å². The number of unbranched alkanes of at least 4 members (excludes halogenated alkanes) is 2. The van der Waals surface area contributed by atoms with Gasteiger partial charge in [-0.3, -0.25) is 0 Å². The molecule has 1 atom stereocenters. The highest BCUT2D eigenvalue weighted by atomic mass is 31.1. The summed E-state index contributed by atoms with van der Waals surface area (Å²) >= 11 is 0. The summed E-state index contributed by atoms with van der Waals surface area (Å²) in [7, 11) is 1.11. The van der Waals surface area contributed by atoms with Crippen molar-refractivity contribution in [2.75, 3.05) is 6.16 Å². The van der Waals surface area contributed by atoms with Crippen molar-refractivity contribution in [2.24, 2.45) is 0 Å². The fourth-order valence-corrected chi connectivity index (χ4v) is 3.26. The fourth-order valence-electron chi connectivity index (χ4n) is 1.93. The predicted octanol–water partition coefficient (Wildman–Crippen LogP) is 4.98. The Morgan fingerprint density at radius 3 is 2.44 bits per heavy atom. The highest BCUT2D eigenvalue weighted by Crippen LogP contribution is 2.25. The van der Waals surface area contributed by atoms with Crippen molar-refractivity contribution in [3.05, 3.63) is 34.4 Å². The Kier molecular flexibility index (Phi) is 6.06. The van der Waals surface area contributed by atoms with Gasteiger partial charge in [0.25, 0.3) is 0 Å². The zero-order valence-electron chi connectivity index (χ0n) is 11.2. The third-order valence-electron chi connectivity index (χ3n) is 3.44. The van der Waals surface area contributed by atoms with Crippen LogP contribution in [0.15, 0.2) is 12.1 Å². The van der Waals surface area contributed by atoms with Crippen molar-refractivity contribution in [3.63, 3.8) is 0 Å². The molecule has 1 rings (SSSR count). The summed E-state index contributed by atoms with van der Waals surface area (Å²) < 4.78 is 0. The second-order valence-electron chi connectivity index (χ2n) is 4.68. The minimum absolute atomic E-state index is 1.11. The van der Waals surface area contributed by atoms with Gasteiger partial charge in [0.15, 0.2) is 0 Å². The van der Waals surface area contributed by atoms with Crippen molar-refractivity contribution >= 4 is 8.58 Å². The van der Waals surface area contributed by atoms with Crippen molar-refractivity contribution in [1.82, 2.24) is 0 Å². The summed E-state index contributed by atoms with van der Waals surface area (Å²) in [4.78, 5) is 0. The van der Waals surface area contributed by atoms with Gasteiger partial charge in [-0.1, -0.05) is 31.9 Å². The van der Waals surface area contributed by atoms with E-state index in [0.717, 1.165) is 8.58 Å². The van der Waals surface area contributed by atoms with E-state index in [4.69, 9.17) is 0 Å². The first kappa shape index (κ1) is 13.7. The Hall–Kier alpha value is -0.350. The number of benzene rings is 1. The van der Waals surface area contributed by atoms with E-state index in [1.807, 2.05) is 0 Å². The summed E-state index contributed by atoms with van der Waals surface area (Å²) in [6.07, 6.45) is 6.86. The third kappa shape index (κ3) is 3.91. The molecule has 0 N–H and O–H groups in total. The molecule has 16 heavy (non-hydrogen) atoms. The van der Waals surface area contributed by atoms with Crippen LogP contribution in [0.2, 0.25) is 0 Å². The first-order valence-electron chi connectivity index (χ1n) is 6.43. The Labute approximate surface area is 103 Å². The smallest absolute Gasteiger partial charge is 0.00979 e. The summed E-state index contributed by atoms with van der Waals surface area (Å²) in [5.41, 5.74) is 5.99. The van der Waals surface area contributed by atoms with E-state index >= 15 is 0 Å². The SMILES string of the molecule is CCCCCPCc1ccc(C)c(C)c1C. The maximum atomic E-state index is 2.32. The van der Waals surface area contributed by atoms with Crippen LogP contribution in [-0.4, -0.2) is 6.16 Å². The second kappa shape index (κ2) is 7.07. The van der Waals surface area contributed by atoms with E-state index in [1.165, 1.54) is 48.3 Å². The van der Waals surface area contributed by atoms with Crippen LogP contribution < -0.4 is 0 Å². The molecule has 0 radical (unpaired) electrons. The van der Waals surface area contributed by atoms with E-state index in [9.17, 15) is 0 Å². The third-order valence-corrected chi connectivity index (χ3v) is 4.78. The van der Waals surface area contributed by atoms with Crippen LogP contribution >= 0.6 is 8.58 Å². The molecule has 0 spiro atoms. The molecule has 0 amide bonds. The summed E-state index contributed by atoms with van der Waals surface area (Å²) in [5.74, 6) is 0. The molecule has 0 saturated carbocycles. The van der Waals surface area contributed by atoms with Crippen LogP contribution in [0.4, 0.5) is 0 Å². The maximum Gasteiger partial charge on any atom is -0.00979 e. The minimum Gasteiger partial charge on any atom is -0.118 e. The molecular formula is C15H25P. The van der Waals surface area contributed by atoms with Gasteiger partial charge in [0.05, 0.1) is 0 Å². The van der Waals surface area contributed by atoms with Gasteiger partial charge in [-0.25, -0.2) is 0 Å². The quantitative estimate of drug-likeness (QED) is 0.482. The fraction of sp³-hybridized carbons (Fsp3) is 0.600. The Morgan fingerprint density at radius 1 is 1.00 bits per heavy atom. The number of hydrogen-bond donors (Lipinski definition) is 0. The molecule has 0 heterocycles. The van der Waals surface area contributed by atoms with Crippen LogP contribution in [0.1, 0.15) is 48.4 Å². The maximum absolute atomic E-state index is 2.32. The van der Waals surface area contributed by atoms with Gasteiger partial charge >= 0.3 is 0 Å². The summed E-state index contributed by atoms with van der Waals surface area (Å²) in [6, 6.07) is 4.60. The van der Waals surface area contributed by atoms with Crippen molar-refractivity contribution in [3.8, 4) is 0 Å². The number of rotatable bonds is 6. The zero-order valence-corrected chi connectivity index (χ0v) is 12.2. The van der Waals surface area contributed by atoms with Gasteiger partial charge in [-0.15, -0.1) is 8.58 Å². The van der Waals surface area contributed by atoms with Crippen molar-refractivity contribution < 1.29 is 0 Å². The molecule has 1 aromatic rings. The monoisotopic (exact) mass is 236 g/mol. The lowest BCUT2D eigenvalue weighted by Crippen LogP contribution is -1.93. The standard InChI is InChI=1S/C15H25P/c1-5-6-7-10-16-11-15-9-8-12(2)13(3)14(15)4/h8-9,16H,5-7,10-11H2,1-4H3. The average molecular weight is 236 g/mol. The number of hydrogen-bond acceptors (Lipinski definition) is 0. The molecular weight excluding hydrogens is 211 g/mol. The number of aryl methyl sites for hydroxylation is 1. The Morgan fingerprint density at radius 2 is 1.75 bits per heavy atom. The van der Waals surface area contributed by atoms with E-state index in [0.29, 0.717) is 0 Å². The summed E-state index contributed by atoms with van der Waals surface area (Å²) in [6.45, 7) is 8.99.